The lowest BCUT2D eigenvalue weighted by Crippen LogP contribution is -1.87. The molecule has 0 rings (SSSR count). The first kappa shape index (κ1) is 8.11. The molecule has 0 amide bonds. The van der Waals surface area contributed by atoms with Crippen LogP contribution in [0.25, 0.3) is 0 Å². The van der Waals surface area contributed by atoms with E-state index in [0.717, 1.165) is 0 Å². The summed E-state index contributed by atoms with van der Waals surface area (Å²) in [5.74, 6) is 0. The minimum absolute atomic E-state index is 1.24. The monoisotopic (exact) mass is 164 g/mol. The maximum absolute atomic E-state index is 11.4. The molecule has 0 aliphatic carbocycles. The second kappa shape index (κ2) is 3.20. The van der Waals surface area contributed by atoms with Crippen LogP contribution in [0.2, 0.25) is 0 Å². The van der Waals surface area contributed by atoms with Gasteiger partial charge in [-0.2, -0.15) is 8.78 Å². The molecule has 0 spiro atoms. The summed E-state index contributed by atoms with van der Waals surface area (Å²) in [6, 6.07) is 0. The smallest absolute Gasteiger partial charge is 0.223 e. The van der Waals surface area contributed by atoms with Gasteiger partial charge in [0.25, 0.3) is 6.08 Å². The van der Waals surface area contributed by atoms with E-state index in [2.05, 4.69) is 23.2 Å². The predicted molar refractivity (Wildman–Crippen MR) is 25.8 cm³/mol. The Hall–Kier alpha value is 0.110. The fourth-order valence-corrected chi connectivity index (χ4v) is 0.165. The van der Waals surface area contributed by atoms with Crippen molar-refractivity contribution in [1.82, 2.24) is 0 Å². The molecule has 0 saturated carbocycles. The third-order valence-electron chi connectivity index (χ3n) is 0.372. The summed E-state index contributed by atoms with van der Waals surface area (Å²) in [5, 5.41) is -1.24. The average molecular weight is 165 g/mol. The number of halogens is 5. The van der Waals surface area contributed by atoms with E-state index in [1.807, 2.05) is 0 Å². The van der Waals surface area contributed by atoms with Gasteiger partial charge in [0.15, 0.2) is 0 Å². The van der Waals surface area contributed by atoms with E-state index in [1.165, 1.54) is 0 Å². The number of hydrogen-bond acceptors (Lipinski definition) is 0. The maximum atomic E-state index is 11.4. The van der Waals surface area contributed by atoms with Gasteiger partial charge in [0.05, 0.1) is 0 Å². The summed E-state index contributed by atoms with van der Waals surface area (Å²) in [5.41, 5.74) is -2.29. The highest BCUT2D eigenvalue weighted by Gasteiger charge is 2.11. The number of rotatable bonds is 1. The first-order chi connectivity index (χ1) is 3.55. The van der Waals surface area contributed by atoms with Gasteiger partial charge in [0.2, 0.25) is 5.63 Å². The zero-order valence-corrected chi connectivity index (χ0v) is 4.98. The van der Waals surface area contributed by atoms with E-state index in [9.17, 15) is 13.2 Å². The van der Waals surface area contributed by atoms with E-state index < -0.39 is 16.7 Å². The van der Waals surface area contributed by atoms with Crippen LogP contribution < -0.4 is 0 Å². The van der Waals surface area contributed by atoms with Gasteiger partial charge in [0, 0.05) is 0 Å². The zero-order valence-electron chi connectivity index (χ0n) is 3.47. The van der Waals surface area contributed by atoms with Gasteiger partial charge in [-0.25, -0.2) is 4.39 Å². The van der Waals surface area contributed by atoms with Crippen molar-refractivity contribution in [2.24, 2.45) is 0 Å². The van der Waals surface area contributed by atoms with Crippen LogP contribution >= 0.6 is 23.2 Å². The fourth-order valence-electron chi connectivity index (χ4n) is 0.0825. The summed E-state index contributed by atoms with van der Waals surface area (Å²) in [7, 11) is 0. The molecule has 1 atom stereocenters. The van der Waals surface area contributed by atoms with Crippen molar-refractivity contribution < 1.29 is 13.2 Å². The van der Waals surface area contributed by atoms with Crippen LogP contribution in [0.1, 0.15) is 0 Å². The second-order valence-corrected chi connectivity index (χ2v) is 1.70. The maximum Gasteiger partial charge on any atom is 0.288 e. The first-order valence-electron chi connectivity index (χ1n) is 1.54. The van der Waals surface area contributed by atoms with Crippen LogP contribution in [-0.4, -0.2) is 5.63 Å². The van der Waals surface area contributed by atoms with Crippen LogP contribution in [0.5, 0.6) is 0 Å². The molecule has 0 N–H and O–H groups in total. The summed E-state index contributed by atoms with van der Waals surface area (Å²) in [6.45, 7) is 0. The average Bonchev–Trinajstić information content (AvgIpc) is 1.64. The third-order valence-corrected chi connectivity index (χ3v) is 1.04. The lowest BCUT2D eigenvalue weighted by Gasteiger charge is -1.91. The van der Waals surface area contributed by atoms with Crippen molar-refractivity contribution in [1.29, 1.82) is 0 Å². The normalized spacial score (nSPS) is 13.1. The molecule has 0 fully saturated rings. The molecule has 0 bridgehead atoms. The molecule has 48 valence electrons. The lowest BCUT2D eigenvalue weighted by molar-refractivity contribution is 0.396. The lowest BCUT2D eigenvalue weighted by atomic mass is 10.7. The molecule has 1 unspecified atom stereocenters. The molecule has 0 aromatic heterocycles. The molecule has 8 heavy (non-hydrogen) atoms. The standard InChI is InChI=1S/C3HCl2F3/c4-1(2(5)6)3(7)8/h2H. The first-order valence-corrected chi connectivity index (χ1v) is 2.36. The highest BCUT2D eigenvalue weighted by atomic mass is 35.5. The summed E-state index contributed by atoms with van der Waals surface area (Å²) in [4.78, 5) is 0. The number of hydrogen-bond donors (Lipinski definition) is 0. The van der Waals surface area contributed by atoms with E-state index in [-0.39, 0.29) is 0 Å². The van der Waals surface area contributed by atoms with Crippen LogP contribution in [0.4, 0.5) is 13.2 Å². The Morgan fingerprint density at radius 1 is 1.38 bits per heavy atom. The van der Waals surface area contributed by atoms with Gasteiger partial charge < -0.3 is 0 Å². The van der Waals surface area contributed by atoms with E-state index in [1.54, 1.807) is 0 Å². The van der Waals surface area contributed by atoms with Crippen molar-refractivity contribution in [2.45, 2.75) is 5.63 Å². The van der Waals surface area contributed by atoms with Crippen molar-refractivity contribution in [3.63, 3.8) is 0 Å². The van der Waals surface area contributed by atoms with Gasteiger partial charge in [-0.05, 0) is 0 Å². The van der Waals surface area contributed by atoms with Crippen molar-refractivity contribution >= 4 is 23.2 Å². The van der Waals surface area contributed by atoms with Gasteiger partial charge in [-0.1, -0.05) is 23.2 Å². The molecular weight excluding hydrogens is 164 g/mol. The Labute approximate surface area is 53.9 Å². The SMILES string of the molecule is FC(F)=C(Cl)C(F)Cl. The summed E-state index contributed by atoms with van der Waals surface area (Å²) < 4.78 is 33.6. The van der Waals surface area contributed by atoms with E-state index in [0.29, 0.717) is 0 Å². The summed E-state index contributed by atoms with van der Waals surface area (Å²) >= 11 is 9.06. The Bertz CT molecular complexity index is 105. The minimum atomic E-state index is -2.29. The van der Waals surface area contributed by atoms with Crippen LogP contribution in [-0.2, 0) is 0 Å². The molecule has 0 radical (unpaired) electrons. The van der Waals surface area contributed by atoms with Gasteiger partial charge >= 0.3 is 0 Å². The van der Waals surface area contributed by atoms with Crippen molar-refractivity contribution in [3.05, 3.63) is 11.1 Å². The summed E-state index contributed by atoms with van der Waals surface area (Å²) in [6.07, 6.45) is -2.28. The molecule has 0 aliphatic rings. The minimum Gasteiger partial charge on any atom is -0.223 e. The second-order valence-electron chi connectivity index (χ2n) is 0.909. The third kappa shape index (κ3) is 2.43. The molecular formula is C3HCl2F3. The fraction of sp³-hybridized carbons (Fsp3) is 0.333. The van der Waals surface area contributed by atoms with Gasteiger partial charge in [-0.15, -0.1) is 0 Å². The van der Waals surface area contributed by atoms with E-state index >= 15 is 0 Å². The number of alkyl halides is 2. The van der Waals surface area contributed by atoms with Crippen LogP contribution in [0, 0.1) is 0 Å². The molecule has 0 heterocycles. The molecule has 0 saturated heterocycles. The molecule has 5 heteroatoms. The van der Waals surface area contributed by atoms with Crippen molar-refractivity contribution in [2.75, 3.05) is 0 Å². The Balaban J connectivity index is 4.00. The molecule has 0 aromatic carbocycles. The topological polar surface area (TPSA) is 0 Å². The van der Waals surface area contributed by atoms with Crippen molar-refractivity contribution in [3.8, 4) is 0 Å². The van der Waals surface area contributed by atoms with Crippen LogP contribution in [0.3, 0.4) is 0 Å². The Kier molecular flexibility index (Phi) is 3.24. The van der Waals surface area contributed by atoms with Gasteiger partial charge in [0.1, 0.15) is 5.03 Å². The van der Waals surface area contributed by atoms with Crippen LogP contribution in [0.15, 0.2) is 11.1 Å². The molecule has 0 nitrogen and oxygen atoms in total. The quantitative estimate of drug-likeness (QED) is 0.524. The highest BCUT2D eigenvalue weighted by molar-refractivity contribution is 6.36. The zero-order chi connectivity index (χ0) is 6.73. The van der Waals surface area contributed by atoms with E-state index in [4.69, 9.17) is 0 Å². The Morgan fingerprint density at radius 3 is 1.75 bits per heavy atom. The highest BCUT2D eigenvalue weighted by Crippen LogP contribution is 2.21. The van der Waals surface area contributed by atoms with Gasteiger partial charge in [-0.3, -0.25) is 0 Å². The predicted octanol–water partition coefficient (Wildman–Crippen LogP) is 2.87. The number of allylic oxidation sites excluding steroid dienone is 1. The largest absolute Gasteiger partial charge is 0.288 e. The molecule has 0 aliphatic heterocycles. The molecule has 0 aromatic rings. The Morgan fingerprint density at radius 2 is 1.75 bits per heavy atom.